The summed E-state index contributed by atoms with van der Waals surface area (Å²) in [4.78, 5) is 25.3. The van der Waals surface area contributed by atoms with Gasteiger partial charge in [-0.15, -0.1) is 0 Å². The summed E-state index contributed by atoms with van der Waals surface area (Å²) < 4.78 is 14.9. The van der Waals surface area contributed by atoms with Crippen LogP contribution < -0.4 is 4.90 Å². The molecule has 0 bridgehead atoms. The van der Waals surface area contributed by atoms with E-state index >= 15 is 0 Å². The van der Waals surface area contributed by atoms with Gasteiger partial charge in [0.05, 0.1) is 12.1 Å². The number of halogens is 1. The molecule has 6 nitrogen and oxygen atoms in total. The number of pyridine rings is 2. The van der Waals surface area contributed by atoms with Crippen molar-refractivity contribution in [1.29, 1.82) is 0 Å². The highest BCUT2D eigenvalue weighted by Gasteiger charge is 2.22. The van der Waals surface area contributed by atoms with Crippen molar-refractivity contribution in [3.05, 3.63) is 60.4 Å². The molecule has 0 radical (unpaired) electrons. The Bertz CT molecular complexity index is 887. The molecule has 1 fully saturated rings. The largest absolute Gasteiger partial charge is 0.353 e. The van der Waals surface area contributed by atoms with E-state index < -0.39 is 0 Å². The Morgan fingerprint density at radius 3 is 2.68 bits per heavy atom. The molecule has 0 atom stereocenters. The van der Waals surface area contributed by atoms with Gasteiger partial charge in [-0.05, 0) is 24.3 Å². The first-order valence-corrected chi connectivity index (χ1v) is 8.26. The summed E-state index contributed by atoms with van der Waals surface area (Å²) in [5, 5.41) is 0. The number of fused-ring (bicyclic) bond motifs is 1. The van der Waals surface area contributed by atoms with Gasteiger partial charge < -0.3 is 14.2 Å². The average Bonchev–Trinajstić information content (AvgIpc) is 3.04. The van der Waals surface area contributed by atoms with Crippen LogP contribution in [0.2, 0.25) is 0 Å². The Hall–Kier alpha value is -2.96. The molecule has 7 heteroatoms. The standard InChI is InChI=1S/C18H18FN5O/c19-14-4-5-17-21-15(13-24(17)12-14)11-18(25)23-9-7-22(8-10-23)16-3-1-2-6-20-16/h1-6,12-13H,7-11H2. The summed E-state index contributed by atoms with van der Waals surface area (Å²) in [7, 11) is 0. The van der Waals surface area contributed by atoms with Crippen LogP contribution in [-0.4, -0.2) is 51.4 Å². The first-order valence-electron chi connectivity index (χ1n) is 8.26. The summed E-state index contributed by atoms with van der Waals surface area (Å²) in [6.07, 6.45) is 5.08. The molecule has 4 rings (SSSR count). The van der Waals surface area contributed by atoms with Crippen molar-refractivity contribution >= 4 is 17.4 Å². The third-order valence-electron chi connectivity index (χ3n) is 4.40. The minimum atomic E-state index is -0.326. The monoisotopic (exact) mass is 339 g/mol. The van der Waals surface area contributed by atoms with Crippen LogP contribution in [0.25, 0.3) is 5.65 Å². The quantitative estimate of drug-likeness (QED) is 0.730. The van der Waals surface area contributed by atoms with E-state index in [1.54, 1.807) is 22.9 Å². The van der Waals surface area contributed by atoms with Crippen LogP contribution in [0.1, 0.15) is 5.69 Å². The maximum atomic E-state index is 13.2. The number of carbonyl (C=O) groups excluding carboxylic acids is 1. The number of nitrogens with zero attached hydrogens (tertiary/aromatic N) is 5. The van der Waals surface area contributed by atoms with E-state index in [4.69, 9.17) is 0 Å². The summed E-state index contributed by atoms with van der Waals surface area (Å²) in [5.74, 6) is 0.662. The van der Waals surface area contributed by atoms with Crippen LogP contribution in [0.3, 0.4) is 0 Å². The number of hydrogen-bond donors (Lipinski definition) is 0. The van der Waals surface area contributed by atoms with Gasteiger partial charge in [-0.2, -0.15) is 0 Å². The highest BCUT2D eigenvalue weighted by Crippen LogP contribution is 2.14. The van der Waals surface area contributed by atoms with Gasteiger partial charge in [-0.25, -0.2) is 14.4 Å². The molecule has 25 heavy (non-hydrogen) atoms. The molecule has 1 saturated heterocycles. The van der Waals surface area contributed by atoms with Crippen molar-refractivity contribution in [3.8, 4) is 0 Å². The SMILES string of the molecule is O=C(Cc1cn2cc(F)ccc2n1)N1CCN(c2ccccn2)CC1. The Kier molecular flexibility index (Phi) is 4.05. The van der Waals surface area contributed by atoms with E-state index in [0.717, 1.165) is 18.9 Å². The third-order valence-corrected chi connectivity index (χ3v) is 4.40. The van der Waals surface area contributed by atoms with E-state index in [0.29, 0.717) is 24.4 Å². The fourth-order valence-electron chi connectivity index (χ4n) is 3.09. The molecule has 4 heterocycles. The molecule has 0 saturated carbocycles. The van der Waals surface area contributed by atoms with Gasteiger partial charge in [-0.3, -0.25) is 4.79 Å². The molecule has 0 spiro atoms. The maximum Gasteiger partial charge on any atom is 0.228 e. The fraction of sp³-hybridized carbons (Fsp3) is 0.278. The smallest absolute Gasteiger partial charge is 0.228 e. The Balaban J connectivity index is 1.38. The molecule has 128 valence electrons. The number of amides is 1. The van der Waals surface area contributed by atoms with E-state index in [1.807, 2.05) is 23.1 Å². The normalized spacial score (nSPS) is 14.9. The van der Waals surface area contributed by atoms with Crippen molar-refractivity contribution in [3.63, 3.8) is 0 Å². The topological polar surface area (TPSA) is 53.7 Å². The van der Waals surface area contributed by atoms with E-state index in [-0.39, 0.29) is 18.1 Å². The molecule has 3 aromatic heterocycles. The van der Waals surface area contributed by atoms with Crippen molar-refractivity contribution in [2.75, 3.05) is 31.1 Å². The summed E-state index contributed by atoms with van der Waals surface area (Å²) in [6.45, 7) is 2.85. The maximum absolute atomic E-state index is 13.2. The van der Waals surface area contributed by atoms with Gasteiger partial charge in [0.15, 0.2) is 0 Å². The molecule has 3 aromatic rings. The number of rotatable bonds is 3. The zero-order valence-electron chi connectivity index (χ0n) is 13.7. The molecular weight excluding hydrogens is 321 g/mol. The van der Waals surface area contributed by atoms with E-state index in [2.05, 4.69) is 14.9 Å². The van der Waals surface area contributed by atoms with Crippen LogP contribution in [0.15, 0.2) is 48.9 Å². The second kappa shape index (κ2) is 6.51. The van der Waals surface area contributed by atoms with Gasteiger partial charge >= 0.3 is 0 Å². The van der Waals surface area contributed by atoms with Crippen LogP contribution >= 0.6 is 0 Å². The molecule has 1 aliphatic heterocycles. The predicted molar refractivity (Wildman–Crippen MR) is 91.9 cm³/mol. The number of piperazine rings is 1. The van der Waals surface area contributed by atoms with Crippen LogP contribution in [0, 0.1) is 5.82 Å². The summed E-state index contributed by atoms with van der Waals surface area (Å²) in [6, 6.07) is 8.81. The van der Waals surface area contributed by atoms with Crippen LogP contribution in [-0.2, 0) is 11.2 Å². The van der Waals surface area contributed by atoms with Gasteiger partial charge in [0.2, 0.25) is 5.91 Å². The van der Waals surface area contributed by atoms with Crippen molar-refractivity contribution in [2.24, 2.45) is 0 Å². The minimum absolute atomic E-state index is 0.0459. The van der Waals surface area contributed by atoms with Gasteiger partial charge in [0.25, 0.3) is 0 Å². The Morgan fingerprint density at radius 1 is 1.08 bits per heavy atom. The number of anilines is 1. The van der Waals surface area contributed by atoms with E-state index in [1.165, 1.54) is 12.3 Å². The highest BCUT2D eigenvalue weighted by molar-refractivity contribution is 5.78. The summed E-state index contributed by atoms with van der Waals surface area (Å²) >= 11 is 0. The van der Waals surface area contributed by atoms with Crippen molar-refractivity contribution in [2.45, 2.75) is 6.42 Å². The molecule has 1 amide bonds. The molecule has 1 aliphatic rings. The lowest BCUT2D eigenvalue weighted by Gasteiger charge is -2.35. The zero-order valence-corrected chi connectivity index (χ0v) is 13.7. The highest BCUT2D eigenvalue weighted by atomic mass is 19.1. The molecule has 0 aliphatic carbocycles. The second-order valence-corrected chi connectivity index (χ2v) is 6.08. The average molecular weight is 339 g/mol. The van der Waals surface area contributed by atoms with Crippen LogP contribution in [0.5, 0.6) is 0 Å². The van der Waals surface area contributed by atoms with Gasteiger partial charge in [0.1, 0.15) is 17.3 Å². The molecule has 0 aromatic carbocycles. The van der Waals surface area contributed by atoms with Crippen molar-refractivity contribution < 1.29 is 9.18 Å². The molecule has 0 unspecified atom stereocenters. The lowest BCUT2D eigenvalue weighted by Crippen LogP contribution is -2.49. The molecule has 0 N–H and O–H groups in total. The predicted octanol–water partition coefficient (Wildman–Crippen LogP) is 1.76. The number of carbonyl (C=O) groups is 1. The Morgan fingerprint density at radius 2 is 1.92 bits per heavy atom. The first-order chi connectivity index (χ1) is 12.2. The third kappa shape index (κ3) is 3.31. The van der Waals surface area contributed by atoms with E-state index in [9.17, 15) is 9.18 Å². The lowest BCUT2D eigenvalue weighted by molar-refractivity contribution is -0.130. The number of imidazole rings is 1. The number of aromatic nitrogens is 3. The first kappa shape index (κ1) is 15.6. The lowest BCUT2D eigenvalue weighted by atomic mass is 10.2. The van der Waals surface area contributed by atoms with Gasteiger partial charge in [-0.1, -0.05) is 6.07 Å². The van der Waals surface area contributed by atoms with Crippen LogP contribution in [0.4, 0.5) is 10.2 Å². The van der Waals surface area contributed by atoms with Crippen molar-refractivity contribution in [1.82, 2.24) is 19.3 Å². The summed E-state index contributed by atoms with van der Waals surface area (Å²) in [5.41, 5.74) is 1.30. The zero-order chi connectivity index (χ0) is 17.2. The minimum Gasteiger partial charge on any atom is -0.353 e. The number of hydrogen-bond acceptors (Lipinski definition) is 4. The molecular formula is C18H18FN5O. The fourth-order valence-corrected chi connectivity index (χ4v) is 3.09. The second-order valence-electron chi connectivity index (χ2n) is 6.08. The Labute approximate surface area is 144 Å². The van der Waals surface area contributed by atoms with Gasteiger partial charge in [0, 0.05) is 44.8 Å².